The highest BCUT2D eigenvalue weighted by Gasteiger charge is 2.36. The van der Waals surface area contributed by atoms with Crippen LogP contribution in [-0.2, 0) is 6.18 Å². The molecule has 2 aromatic rings. The zero-order chi connectivity index (χ0) is 14.9. The lowest BCUT2D eigenvalue weighted by Crippen LogP contribution is -2.09. The van der Waals surface area contributed by atoms with E-state index in [0.717, 1.165) is 19.4 Å². The fourth-order valence-corrected chi connectivity index (χ4v) is 2.15. The Morgan fingerprint density at radius 2 is 1.85 bits per heavy atom. The molecular formula is C13H8Cl2F3NO. The second kappa shape index (κ2) is 5.50. The Kier molecular flexibility index (Phi) is 4.11. The standard InChI is InChI=1S/C13H8Cl2F3NO/c1-20-12-8(13(16,17)18)5-6-19-11(12)7-3-2-4-9(14)10(7)15/h2-6H,1H3. The number of rotatable bonds is 2. The third-order valence-corrected chi connectivity index (χ3v) is 3.44. The van der Waals surface area contributed by atoms with Gasteiger partial charge in [-0.1, -0.05) is 35.3 Å². The van der Waals surface area contributed by atoms with Crippen molar-refractivity contribution in [3.8, 4) is 17.0 Å². The molecule has 0 unspecified atom stereocenters. The van der Waals surface area contributed by atoms with Crippen LogP contribution < -0.4 is 4.74 Å². The van der Waals surface area contributed by atoms with Crippen LogP contribution in [0, 0.1) is 0 Å². The van der Waals surface area contributed by atoms with E-state index in [-0.39, 0.29) is 27.1 Å². The lowest BCUT2D eigenvalue weighted by Gasteiger charge is -2.15. The zero-order valence-corrected chi connectivity index (χ0v) is 11.6. The number of methoxy groups -OCH3 is 1. The summed E-state index contributed by atoms with van der Waals surface area (Å²) in [6, 6.07) is 5.48. The molecule has 0 spiro atoms. The van der Waals surface area contributed by atoms with E-state index in [1.807, 2.05) is 0 Å². The summed E-state index contributed by atoms with van der Waals surface area (Å²) in [6.45, 7) is 0. The van der Waals surface area contributed by atoms with Gasteiger partial charge in [-0.05, 0) is 12.1 Å². The lowest BCUT2D eigenvalue weighted by atomic mass is 10.1. The molecule has 7 heteroatoms. The number of aromatic nitrogens is 1. The third-order valence-electron chi connectivity index (χ3n) is 2.62. The number of hydrogen-bond acceptors (Lipinski definition) is 2. The minimum Gasteiger partial charge on any atom is -0.494 e. The van der Waals surface area contributed by atoms with Gasteiger partial charge in [0.25, 0.3) is 0 Å². The molecule has 1 aromatic heterocycles. The van der Waals surface area contributed by atoms with Crippen LogP contribution in [0.2, 0.25) is 10.0 Å². The van der Waals surface area contributed by atoms with Crippen LogP contribution in [0.3, 0.4) is 0 Å². The average molecular weight is 322 g/mol. The van der Waals surface area contributed by atoms with Gasteiger partial charge < -0.3 is 4.74 Å². The maximum Gasteiger partial charge on any atom is 0.420 e. The van der Waals surface area contributed by atoms with E-state index in [2.05, 4.69) is 4.98 Å². The predicted molar refractivity (Wildman–Crippen MR) is 71.2 cm³/mol. The largest absolute Gasteiger partial charge is 0.494 e. The van der Waals surface area contributed by atoms with Crippen molar-refractivity contribution in [1.29, 1.82) is 0 Å². The van der Waals surface area contributed by atoms with Crippen molar-refractivity contribution in [3.63, 3.8) is 0 Å². The molecule has 2 nitrogen and oxygen atoms in total. The van der Waals surface area contributed by atoms with Gasteiger partial charge >= 0.3 is 6.18 Å². The molecule has 0 bridgehead atoms. The second-order valence-corrected chi connectivity index (χ2v) is 4.62. The Balaban J connectivity index is 2.72. The number of nitrogens with zero attached hydrogens (tertiary/aromatic N) is 1. The van der Waals surface area contributed by atoms with Crippen LogP contribution in [0.15, 0.2) is 30.5 Å². The van der Waals surface area contributed by atoms with Gasteiger partial charge in [-0.15, -0.1) is 0 Å². The highest BCUT2D eigenvalue weighted by molar-refractivity contribution is 6.43. The fourth-order valence-electron chi connectivity index (χ4n) is 1.76. The van der Waals surface area contributed by atoms with Crippen LogP contribution in [0.1, 0.15) is 5.56 Å². The van der Waals surface area contributed by atoms with Crippen LogP contribution in [-0.4, -0.2) is 12.1 Å². The molecule has 0 aliphatic heterocycles. The Morgan fingerprint density at radius 3 is 2.45 bits per heavy atom. The SMILES string of the molecule is COc1c(C(F)(F)F)ccnc1-c1cccc(Cl)c1Cl. The summed E-state index contributed by atoms with van der Waals surface area (Å²) in [6.07, 6.45) is -3.49. The zero-order valence-electron chi connectivity index (χ0n) is 10.1. The van der Waals surface area contributed by atoms with Crippen LogP contribution >= 0.6 is 23.2 Å². The third kappa shape index (κ3) is 2.69. The van der Waals surface area contributed by atoms with E-state index in [9.17, 15) is 13.2 Å². The normalized spacial score (nSPS) is 11.5. The first-order valence-electron chi connectivity index (χ1n) is 5.41. The number of alkyl halides is 3. The molecule has 1 aromatic carbocycles. The van der Waals surface area contributed by atoms with Crippen LogP contribution in [0.25, 0.3) is 11.3 Å². The smallest absolute Gasteiger partial charge is 0.420 e. The number of benzene rings is 1. The minimum absolute atomic E-state index is 0.00479. The average Bonchev–Trinajstić information content (AvgIpc) is 2.40. The predicted octanol–water partition coefficient (Wildman–Crippen LogP) is 5.08. The van der Waals surface area contributed by atoms with Gasteiger partial charge in [0.1, 0.15) is 11.3 Å². The van der Waals surface area contributed by atoms with Crippen molar-refractivity contribution in [1.82, 2.24) is 4.98 Å². The van der Waals surface area contributed by atoms with Crippen LogP contribution in [0.5, 0.6) is 5.75 Å². The first kappa shape index (κ1) is 14.9. The summed E-state index contributed by atoms with van der Waals surface area (Å²) in [4.78, 5) is 3.93. The molecule has 0 atom stereocenters. The van der Waals surface area contributed by atoms with E-state index in [0.29, 0.717) is 0 Å². The lowest BCUT2D eigenvalue weighted by molar-refractivity contribution is -0.138. The minimum atomic E-state index is -4.55. The fraction of sp³-hybridized carbons (Fsp3) is 0.154. The summed E-state index contributed by atoms with van der Waals surface area (Å²) in [5.74, 6) is -0.385. The van der Waals surface area contributed by atoms with Crippen molar-refractivity contribution >= 4 is 23.2 Å². The van der Waals surface area contributed by atoms with Gasteiger partial charge in [0.05, 0.1) is 17.2 Å². The molecule has 0 radical (unpaired) electrons. The summed E-state index contributed by atoms with van der Waals surface area (Å²) in [5, 5.41) is 0.352. The van der Waals surface area contributed by atoms with Crippen molar-refractivity contribution in [2.24, 2.45) is 0 Å². The van der Waals surface area contributed by atoms with E-state index in [1.165, 1.54) is 12.1 Å². The molecule has 0 N–H and O–H groups in total. The molecule has 0 aliphatic carbocycles. The molecule has 20 heavy (non-hydrogen) atoms. The molecule has 0 fully saturated rings. The summed E-state index contributed by atoms with van der Waals surface area (Å²) < 4.78 is 43.7. The van der Waals surface area contributed by atoms with Gasteiger partial charge in [-0.3, -0.25) is 4.98 Å². The first-order valence-corrected chi connectivity index (χ1v) is 6.16. The Bertz CT molecular complexity index is 644. The molecule has 106 valence electrons. The molecular weight excluding hydrogens is 314 g/mol. The van der Waals surface area contributed by atoms with Crippen LogP contribution in [0.4, 0.5) is 13.2 Å². The van der Waals surface area contributed by atoms with Gasteiger partial charge in [0.2, 0.25) is 0 Å². The Morgan fingerprint density at radius 1 is 1.15 bits per heavy atom. The van der Waals surface area contributed by atoms with Gasteiger partial charge in [0, 0.05) is 11.8 Å². The van der Waals surface area contributed by atoms with Gasteiger partial charge in [-0.25, -0.2) is 0 Å². The number of ether oxygens (including phenoxy) is 1. The Hall–Kier alpha value is -1.46. The Labute approximate surface area is 123 Å². The van der Waals surface area contributed by atoms with Gasteiger partial charge in [0.15, 0.2) is 5.75 Å². The first-order chi connectivity index (χ1) is 9.36. The molecule has 0 amide bonds. The molecule has 1 heterocycles. The van der Waals surface area contributed by atoms with Crippen molar-refractivity contribution in [3.05, 3.63) is 46.1 Å². The van der Waals surface area contributed by atoms with E-state index >= 15 is 0 Å². The number of pyridine rings is 1. The van der Waals surface area contributed by atoms with Crippen molar-refractivity contribution in [2.45, 2.75) is 6.18 Å². The van der Waals surface area contributed by atoms with E-state index in [4.69, 9.17) is 27.9 Å². The molecule has 0 saturated carbocycles. The molecule has 2 rings (SSSR count). The molecule has 0 aliphatic rings. The van der Waals surface area contributed by atoms with E-state index in [1.54, 1.807) is 6.07 Å². The highest BCUT2D eigenvalue weighted by Crippen LogP contribution is 2.43. The summed E-state index contributed by atoms with van der Waals surface area (Å²) >= 11 is 11.9. The number of hydrogen-bond donors (Lipinski definition) is 0. The maximum absolute atomic E-state index is 12.9. The second-order valence-electron chi connectivity index (χ2n) is 3.84. The molecule has 0 saturated heterocycles. The quantitative estimate of drug-likeness (QED) is 0.769. The number of halogens is 5. The monoisotopic (exact) mass is 321 g/mol. The summed E-state index contributed by atoms with van der Waals surface area (Å²) in [5.41, 5.74) is -0.641. The van der Waals surface area contributed by atoms with E-state index < -0.39 is 11.7 Å². The maximum atomic E-state index is 12.9. The van der Waals surface area contributed by atoms with Gasteiger partial charge in [-0.2, -0.15) is 13.2 Å². The summed E-state index contributed by atoms with van der Waals surface area (Å²) in [7, 11) is 1.15. The highest BCUT2D eigenvalue weighted by atomic mass is 35.5. The topological polar surface area (TPSA) is 22.1 Å². The van der Waals surface area contributed by atoms with Crippen molar-refractivity contribution in [2.75, 3.05) is 7.11 Å². The van der Waals surface area contributed by atoms with Crippen molar-refractivity contribution < 1.29 is 17.9 Å².